The number of nitrogens with one attached hydrogen (secondary N) is 1. The molecule has 1 aromatic rings. The summed E-state index contributed by atoms with van der Waals surface area (Å²) in [7, 11) is 0. The van der Waals surface area contributed by atoms with Crippen molar-refractivity contribution in [2.45, 2.75) is 50.6 Å². The number of amides is 2. The summed E-state index contributed by atoms with van der Waals surface area (Å²) in [5, 5.41) is 3.18. The number of hydrogen-bond acceptors (Lipinski definition) is 3. The molecule has 138 valence electrons. The number of hydrogen-bond donors (Lipinski definition) is 2. The molecule has 1 aliphatic heterocycles. The highest BCUT2D eigenvalue weighted by Crippen LogP contribution is 2.21. The molecule has 0 radical (unpaired) electrons. The van der Waals surface area contributed by atoms with E-state index in [4.69, 9.17) is 5.73 Å². The van der Waals surface area contributed by atoms with Crippen molar-refractivity contribution < 1.29 is 9.59 Å². The fourth-order valence-corrected chi connectivity index (χ4v) is 3.72. The van der Waals surface area contributed by atoms with Crippen molar-refractivity contribution in [1.29, 1.82) is 0 Å². The van der Waals surface area contributed by atoms with Crippen molar-refractivity contribution in [2.75, 3.05) is 13.1 Å². The normalized spacial score (nSPS) is 26.4. The Hall–Kier alpha value is -1.59. The van der Waals surface area contributed by atoms with Gasteiger partial charge in [0.2, 0.25) is 5.91 Å². The molecule has 2 aliphatic rings. The molecule has 3 N–H and O–H groups in total. The van der Waals surface area contributed by atoms with Crippen molar-refractivity contribution in [2.24, 2.45) is 11.7 Å². The van der Waals surface area contributed by atoms with Crippen molar-refractivity contribution >= 4 is 24.2 Å². The highest BCUT2D eigenvalue weighted by atomic mass is 35.5. The fourth-order valence-electron chi connectivity index (χ4n) is 3.72. The summed E-state index contributed by atoms with van der Waals surface area (Å²) >= 11 is 0. The van der Waals surface area contributed by atoms with Gasteiger partial charge in [-0.25, -0.2) is 0 Å². The molecule has 0 aromatic heterocycles. The average molecular weight is 366 g/mol. The van der Waals surface area contributed by atoms with Gasteiger partial charge in [-0.05, 0) is 50.7 Å². The van der Waals surface area contributed by atoms with E-state index in [2.05, 4.69) is 5.32 Å². The number of nitrogens with two attached hydrogens (primary N) is 1. The van der Waals surface area contributed by atoms with Crippen LogP contribution in [0, 0.1) is 5.92 Å². The van der Waals surface area contributed by atoms with Crippen LogP contribution in [0.1, 0.15) is 48.9 Å². The first-order chi connectivity index (χ1) is 11.6. The number of carbonyl (C=O) groups is 2. The summed E-state index contributed by atoms with van der Waals surface area (Å²) in [5.41, 5.74) is 6.61. The van der Waals surface area contributed by atoms with E-state index in [1.165, 1.54) is 0 Å². The lowest BCUT2D eigenvalue weighted by molar-refractivity contribution is -0.127. The number of likely N-dealkylation sites (tertiary alicyclic amines) is 1. The quantitative estimate of drug-likeness (QED) is 0.863. The van der Waals surface area contributed by atoms with Crippen LogP contribution in [0.4, 0.5) is 0 Å². The van der Waals surface area contributed by atoms with Crippen LogP contribution in [0.3, 0.4) is 0 Å². The van der Waals surface area contributed by atoms with Crippen LogP contribution in [0.5, 0.6) is 0 Å². The van der Waals surface area contributed by atoms with Crippen LogP contribution >= 0.6 is 12.4 Å². The molecule has 1 saturated heterocycles. The second-order valence-corrected chi connectivity index (χ2v) is 7.08. The van der Waals surface area contributed by atoms with Gasteiger partial charge in [-0.1, -0.05) is 18.2 Å². The predicted molar refractivity (Wildman–Crippen MR) is 101 cm³/mol. The maximum Gasteiger partial charge on any atom is 0.253 e. The third-order valence-corrected chi connectivity index (χ3v) is 5.22. The molecule has 1 saturated carbocycles. The minimum atomic E-state index is -0.0954. The van der Waals surface area contributed by atoms with Gasteiger partial charge < -0.3 is 16.0 Å². The van der Waals surface area contributed by atoms with Gasteiger partial charge in [0, 0.05) is 30.7 Å². The van der Waals surface area contributed by atoms with Crippen LogP contribution in [-0.2, 0) is 4.79 Å². The lowest BCUT2D eigenvalue weighted by Gasteiger charge is -2.34. The van der Waals surface area contributed by atoms with Crippen molar-refractivity contribution in [3.8, 4) is 0 Å². The third-order valence-electron chi connectivity index (χ3n) is 5.22. The molecule has 1 heterocycles. The van der Waals surface area contributed by atoms with E-state index < -0.39 is 0 Å². The van der Waals surface area contributed by atoms with E-state index in [1.807, 2.05) is 35.2 Å². The van der Waals surface area contributed by atoms with Gasteiger partial charge in [0.15, 0.2) is 0 Å². The summed E-state index contributed by atoms with van der Waals surface area (Å²) < 4.78 is 0. The molecule has 5 nitrogen and oxygen atoms in total. The molecule has 25 heavy (non-hydrogen) atoms. The van der Waals surface area contributed by atoms with E-state index in [9.17, 15) is 9.59 Å². The molecule has 0 spiro atoms. The summed E-state index contributed by atoms with van der Waals surface area (Å²) in [6.07, 6.45) is 5.63. The number of piperidine rings is 1. The molecule has 1 atom stereocenters. The zero-order valence-corrected chi connectivity index (χ0v) is 15.3. The molecule has 2 amide bonds. The van der Waals surface area contributed by atoms with E-state index in [0.29, 0.717) is 12.1 Å². The molecular formula is C19H28ClN3O2. The van der Waals surface area contributed by atoms with Crippen LogP contribution in [-0.4, -0.2) is 41.9 Å². The highest BCUT2D eigenvalue weighted by molar-refractivity contribution is 5.94. The van der Waals surface area contributed by atoms with E-state index in [-0.39, 0.29) is 42.2 Å². The van der Waals surface area contributed by atoms with Crippen LogP contribution in [0.15, 0.2) is 30.3 Å². The Bertz CT molecular complexity index is 573. The monoisotopic (exact) mass is 365 g/mol. The molecule has 1 aromatic carbocycles. The van der Waals surface area contributed by atoms with Crippen molar-refractivity contribution in [3.05, 3.63) is 35.9 Å². The van der Waals surface area contributed by atoms with E-state index >= 15 is 0 Å². The molecule has 2 fully saturated rings. The predicted octanol–water partition coefficient (Wildman–Crippen LogP) is 2.35. The van der Waals surface area contributed by atoms with Gasteiger partial charge in [-0.2, -0.15) is 0 Å². The summed E-state index contributed by atoms with van der Waals surface area (Å²) in [5.74, 6) is 0.0276. The first-order valence-corrected chi connectivity index (χ1v) is 9.04. The summed E-state index contributed by atoms with van der Waals surface area (Å²) in [4.78, 5) is 27.0. The smallest absolute Gasteiger partial charge is 0.253 e. The van der Waals surface area contributed by atoms with Gasteiger partial charge in [0.25, 0.3) is 5.91 Å². The summed E-state index contributed by atoms with van der Waals surface area (Å²) in [6, 6.07) is 9.84. The lowest BCUT2D eigenvalue weighted by Crippen LogP contribution is -2.48. The molecule has 0 bridgehead atoms. The average Bonchev–Trinajstić information content (AvgIpc) is 2.64. The van der Waals surface area contributed by atoms with Crippen LogP contribution in [0.25, 0.3) is 0 Å². The molecular weight excluding hydrogens is 338 g/mol. The number of rotatable bonds is 3. The summed E-state index contributed by atoms with van der Waals surface area (Å²) in [6.45, 7) is 1.25. The maximum atomic E-state index is 12.6. The number of halogens is 1. The Morgan fingerprint density at radius 3 is 2.40 bits per heavy atom. The molecule has 1 aliphatic carbocycles. The first kappa shape index (κ1) is 19.7. The minimum Gasteiger partial charge on any atom is -0.353 e. The lowest BCUT2D eigenvalue weighted by atomic mass is 9.90. The SMILES string of the molecule is Cl.NC1CCC(NC(=O)C2CCCN(C(=O)c3ccccc3)C2)CC1. The van der Waals surface area contributed by atoms with Crippen LogP contribution < -0.4 is 11.1 Å². The standard InChI is InChI=1S/C19H27N3O2.ClH/c20-16-8-10-17(11-9-16)21-18(23)15-7-4-12-22(13-15)19(24)14-5-2-1-3-6-14;/h1-3,5-6,15-17H,4,7-13,20H2,(H,21,23);1H. The van der Waals surface area contributed by atoms with Gasteiger partial charge in [-0.3, -0.25) is 9.59 Å². The topological polar surface area (TPSA) is 75.4 Å². The zero-order valence-electron chi connectivity index (χ0n) is 14.5. The Balaban J connectivity index is 0.00000225. The fraction of sp³-hybridized carbons (Fsp3) is 0.579. The second kappa shape index (κ2) is 9.20. The highest BCUT2D eigenvalue weighted by Gasteiger charge is 2.30. The Morgan fingerprint density at radius 2 is 1.72 bits per heavy atom. The Morgan fingerprint density at radius 1 is 1.04 bits per heavy atom. The molecule has 1 unspecified atom stereocenters. The molecule has 3 rings (SSSR count). The zero-order chi connectivity index (χ0) is 16.9. The maximum absolute atomic E-state index is 12.6. The van der Waals surface area contributed by atoms with Gasteiger partial charge in [-0.15, -0.1) is 12.4 Å². The second-order valence-electron chi connectivity index (χ2n) is 7.08. The van der Waals surface area contributed by atoms with Crippen LogP contribution in [0.2, 0.25) is 0 Å². The van der Waals surface area contributed by atoms with Crippen molar-refractivity contribution in [3.63, 3.8) is 0 Å². The first-order valence-electron chi connectivity index (χ1n) is 9.04. The number of nitrogens with zero attached hydrogens (tertiary/aromatic N) is 1. The molecule has 6 heteroatoms. The number of carbonyl (C=O) groups excluding carboxylic acids is 2. The minimum absolute atomic E-state index is 0. The largest absolute Gasteiger partial charge is 0.353 e. The van der Waals surface area contributed by atoms with E-state index in [1.54, 1.807) is 0 Å². The Kier molecular flexibility index (Phi) is 7.26. The van der Waals surface area contributed by atoms with Gasteiger partial charge in [0.1, 0.15) is 0 Å². The number of benzene rings is 1. The Labute approximate surface area is 155 Å². The van der Waals surface area contributed by atoms with Gasteiger partial charge >= 0.3 is 0 Å². The van der Waals surface area contributed by atoms with Crippen molar-refractivity contribution in [1.82, 2.24) is 10.2 Å². The van der Waals surface area contributed by atoms with E-state index in [0.717, 1.165) is 45.1 Å². The third kappa shape index (κ3) is 5.19. The van der Waals surface area contributed by atoms with Gasteiger partial charge in [0.05, 0.1) is 5.92 Å².